The fourth-order valence-corrected chi connectivity index (χ4v) is 9.06. The molecule has 3 aromatic heterocycles. The van der Waals surface area contributed by atoms with Crippen LogP contribution in [0.5, 0.6) is 0 Å². The molecule has 3 unspecified atom stereocenters. The van der Waals surface area contributed by atoms with E-state index in [0.717, 1.165) is 75.6 Å². The van der Waals surface area contributed by atoms with Crippen LogP contribution in [0, 0.1) is 17.3 Å². The number of ether oxygens (including phenoxy) is 2. The lowest BCUT2D eigenvalue weighted by Crippen LogP contribution is -2.56. The Hall–Kier alpha value is -3.12. The van der Waals surface area contributed by atoms with Gasteiger partial charge in [-0.05, 0) is 94.2 Å². The average Bonchev–Trinajstić information content (AvgIpc) is 3.82. The third kappa shape index (κ3) is 12.7. The first-order valence-electron chi connectivity index (χ1n) is 20.4. The van der Waals surface area contributed by atoms with Gasteiger partial charge in [-0.3, -0.25) is 24.4 Å². The molecule has 1 aromatic carbocycles. The van der Waals surface area contributed by atoms with Crippen molar-refractivity contribution in [3.05, 3.63) is 58.2 Å². The highest BCUT2D eigenvalue weighted by Crippen LogP contribution is 2.42. The number of fused-ring (bicyclic) bond motifs is 1. The predicted octanol–water partition coefficient (Wildman–Crippen LogP) is 7.56. The zero-order chi connectivity index (χ0) is 43.8. The summed E-state index contributed by atoms with van der Waals surface area (Å²) in [6.07, 6.45) is 14.7. The minimum atomic E-state index is -0.490. The van der Waals surface area contributed by atoms with E-state index in [2.05, 4.69) is 71.0 Å². The number of thiazole rings is 1. The van der Waals surface area contributed by atoms with Gasteiger partial charge in [0.05, 0.1) is 52.0 Å². The van der Waals surface area contributed by atoms with Crippen molar-refractivity contribution in [1.29, 1.82) is 0 Å². The normalized spacial score (nSPS) is 15.7. The second-order valence-corrected chi connectivity index (χ2v) is 19.3. The van der Waals surface area contributed by atoms with E-state index in [0.29, 0.717) is 38.9 Å². The molecule has 3 atom stereocenters. The highest BCUT2D eigenvalue weighted by atomic mass is 32.2. The molecular formula is C44H65N7O5S4. The van der Waals surface area contributed by atoms with E-state index in [1.54, 1.807) is 53.2 Å². The van der Waals surface area contributed by atoms with E-state index in [4.69, 9.17) is 19.4 Å². The number of rotatable bonds is 17. The molecule has 3 N–H and O–H groups in total. The van der Waals surface area contributed by atoms with Crippen LogP contribution in [0.15, 0.2) is 41.9 Å². The summed E-state index contributed by atoms with van der Waals surface area (Å²) >= 11 is 6.54. The highest BCUT2D eigenvalue weighted by molar-refractivity contribution is 7.99. The number of hydrogen-bond acceptors (Lipinski definition) is 13. The van der Waals surface area contributed by atoms with Crippen molar-refractivity contribution >= 4 is 75.8 Å². The molecule has 0 aliphatic carbocycles. The molecule has 2 fully saturated rings. The Morgan fingerprint density at radius 2 is 1.85 bits per heavy atom. The monoisotopic (exact) mass is 899 g/mol. The summed E-state index contributed by atoms with van der Waals surface area (Å²) in [7, 11) is 1.70. The van der Waals surface area contributed by atoms with Gasteiger partial charge in [-0.2, -0.15) is 23.5 Å². The van der Waals surface area contributed by atoms with Crippen LogP contribution in [0.4, 0.5) is 0 Å². The molecule has 0 bridgehead atoms. The Balaban J connectivity index is 0.00000125. The number of thioether (sulfide) groups is 3. The smallest absolute Gasteiger partial charge is 0.293 e. The van der Waals surface area contributed by atoms with Gasteiger partial charge >= 0.3 is 0 Å². The molecule has 6 rings (SSSR count). The lowest BCUT2D eigenvalue weighted by molar-refractivity contribution is -0.140. The van der Waals surface area contributed by atoms with E-state index in [9.17, 15) is 14.4 Å². The molecule has 16 heteroatoms. The quantitative estimate of drug-likeness (QED) is 0.0712. The van der Waals surface area contributed by atoms with E-state index >= 15 is 0 Å². The molecule has 330 valence electrons. The number of nitrogens with one attached hydrogen (secondary N) is 3. The van der Waals surface area contributed by atoms with Crippen LogP contribution in [-0.2, 0) is 43.2 Å². The molecule has 2 saturated heterocycles. The summed E-state index contributed by atoms with van der Waals surface area (Å²) in [5.74, 6) is -0.600. The largest absolute Gasteiger partial charge is 0.467 e. The number of nitrogens with zero attached hydrogens (tertiary/aromatic N) is 4. The van der Waals surface area contributed by atoms with Gasteiger partial charge in [-0.15, -0.1) is 23.1 Å². The van der Waals surface area contributed by atoms with Crippen molar-refractivity contribution in [2.24, 2.45) is 17.3 Å². The molecule has 60 heavy (non-hydrogen) atoms. The summed E-state index contributed by atoms with van der Waals surface area (Å²) in [4.78, 5) is 48.3. The lowest BCUT2D eigenvalue weighted by Gasteiger charge is -2.35. The van der Waals surface area contributed by atoms with Gasteiger partial charge in [-0.1, -0.05) is 19.9 Å². The van der Waals surface area contributed by atoms with Gasteiger partial charge in [0.1, 0.15) is 0 Å². The number of pyridine rings is 1. The maximum Gasteiger partial charge on any atom is 0.293 e. The van der Waals surface area contributed by atoms with Gasteiger partial charge in [0.25, 0.3) is 6.47 Å². The van der Waals surface area contributed by atoms with Gasteiger partial charge in [0.2, 0.25) is 11.8 Å². The Bertz CT molecular complexity index is 1980. The molecule has 0 spiro atoms. The molecule has 0 radical (unpaired) electrons. The van der Waals surface area contributed by atoms with Crippen LogP contribution in [0.2, 0.25) is 0 Å². The summed E-state index contributed by atoms with van der Waals surface area (Å²) in [6.45, 7) is 12.6. The van der Waals surface area contributed by atoms with Crippen LogP contribution >= 0.6 is 46.6 Å². The summed E-state index contributed by atoms with van der Waals surface area (Å²) in [5, 5.41) is 11.7. The fraction of sp³-hybridized carbons (Fsp3) is 0.568. The van der Waals surface area contributed by atoms with Crippen molar-refractivity contribution in [3.63, 3.8) is 0 Å². The number of aromatic nitrogens is 3. The second-order valence-electron chi connectivity index (χ2n) is 15.7. The van der Waals surface area contributed by atoms with Crippen LogP contribution < -0.4 is 16.1 Å². The number of methoxy groups -OCH3 is 1. The van der Waals surface area contributed by atoms with Gasteiger partial charge in [0.15, 0.2) is 0 Å². The molecule has 2 aliphatic rings. The SMILES string of the molecule is CCn1c(-c2cccnc2C(C)OC)c(CC(C)(C)COC=O)c2cc(-c3csc(CC(C(=O)N4CCCCN4)C(NC(=O)C4CNC4)SC)n3)ccc21.CSC.CSC. The van der Waals surface area contributed by atoms with E-state index in [1.165, 1.54) is 11.8 Å². The topological polar surface area (TPSA) is 140 Å². The van der Waals surface area contributed by atoms with E-state index in [-0.39, 0.29) is 35.9 Å². The summed E-state index contributed by atoms with van der Waals surface area (Å²) < 4.78 is 13.4. The first-order chi connectivity index (χ1) is 28.9. The van der Waals surface area contributed by atoms with Crippen molar-refractivity contribution in [3.8, 4) is 22.5 Å². The Labute approximate surface area is 373 Å². The molecule has 4 aromatic rings. The van der Waals surface area contributed by atoms with Crippen molar-refractivity contribution in [1.82, 2.24) is 35.6 Å². The predicted molar refractivity (Wildman–Crippen MR) is 254 cm³/mol. The van der Waals surface area contributed by atoms with Gasteiger partial charge in [0, 0.05) is 85.3 Å². The fourth-order valence-electron chi connectivity index (χ4n) is 7.42. The zero-order valence-corrected chi connectivity index (χ0v) is 40.2. The Morgan fingerprint density at radius 1 is 1.12 bits per heavy atom. The molecular weight excluding hydrogens is 835 g/mol. The third-order valence-electron chi connectivity index (χ3n) is 10.5. The van der Waals surface area contributed by atoms with Gasteiger partial charge in [-0.25, -0.2) is 10.4 Å². The lowest BCUT2D eigenvalue weighted by atomic mass is 9.84. The number of amides is 2. The minimum Gasteiger partial charge on any atom is -0.467 e. The molecule has 2 aliphatic heterocycles. The van der Waals surface area contributed by atoms with Crippen molar-refractivity contribution < 1.29 is 23.9 Å². The minimum absolute atomic E-state index is 0.0175. The van der Waals surface area contributed by atoms with Crippen molar-refractivity contribution in [2.45, 2.75) is 71.4 Å². The Kier molecular flexibility index (Phi) is 20.2. The van der Waals surface area contributed by atoms with Gasteiger partial charge < -0.3 is 24.7 Å². The highest BCUT2D eigenvalue weighted by Gasteiger charge is 2.36. The maximum atomic E-state index is 14.1. The van der Waals surface area contributed by atoms with Crippen LogP contribution in [-0.4, -0.2) is 114 Å². The third-order valence-corrected chi connectivity index (χ3v) is 12.3. The summed E-state index contributed by atoms with van der Waals surface area (Å²) in [5.41, 5.74) is 9.89. The molecule has 0 saturated carbocycles. The number of carbonyl (C=O) groups excluding carboxylic acids is 3. The number of carbonyl (C=O) groups is 3. The second kappa shape index (κ2) is 24.5. The zero-order valence-electron chi connectivity index (χ0n) is 37.0. The Morgan fingerprint density at radius 3 is 2.45 bits per heavy atom. The standard InChI is InChI=1S/C40H53N7O5S2.2C2H6S/c1-7-46-33-13-12-26(17-29(33)31(19-40(3,4)23-52-24-48)36(46)28-11-10-14-42-35(28)25(2)51-5)32-22-54-34(44-32)18-30(39(50)47-16-9-8-15-43-47)38(53-6)45-37(49)27-20-41-21-27;2*1-3-2/h10-14,17,22,24-25,27,30,38,41,43H,7-9,15-16,18-21,23H2,1-6H3,(H,45,49);2*1-2H3. The van der Waals surface area contributed by atoms with Crippen LogP contribution in [0.25, 0.3) is 33.4 Å². The molecule has 5 heterocycles. The number of benzene rings is 1. The van der Waals surface area contributed by atoms with Crippen LogP contribution in [0.1, 0.15) is 62.9 Å². The maximum absolute atomic E-state index is 14.1. The number of hydrogen-bond donors (Lipinski definition) is 3. The average molecular weight is 900 g/mol. The first kappa shape index (κ1) is 49.5. The first-order valence-corrected chi connectivity index (χ1v) is 25.9. The van der Waals surface area contributed by atoms with E-state index < -0.39 is 11.3 Å². The number of hydrazine groups is 1. The molecule has 2 amide bonds. The summed E-state index contributed by atoms with van der Waals surface area (Å²) in [6, 6.07) is 10.6. The molecule has 12 nitrogen and oxygen atoms in total. The van der Waals surface area contributed by atoms with Crippen LogP contribution in [0.3, 0.4) is 0 Å². The van der Waals surface area contributed by atoms with Crippen molar-refractivity contribution in [2.75, 3.05) is 71.2 Å². The van der Waals surface area contributed by atoms with E-state index in [1.807, 2.05) is 44.3 Å². The number of aryl methyl sites for hydroxylation is 1.